The third-order valence-electron chi connectivity index (χ3n) is 4.43. The predicted octanol–water partition coefficient (Wildman–Crippen LogP) is 2.99. The standard InChI is InChI=1S/C19H19N3O2/c1-12(18-21-15-7-3-4-8-16(15)22-18)20-19(23)14-10-13-6-2-5-9-17(13)24-11-14/h2-9,12,14H,10-11H2,1H3,(H,20,23)(H,21,22)/t12-,14?/m0/s1. The predicted molar refractivity (Wildman–Crippen MR) is 91.8 cm³/mol. The molecule has 24 heavy (non-hydrogen) atoms. The molecule has 2 N–H and O–H groups in total. The van der Waals surface area contributed by atoms with E-state index in [1.807, 2.05) is 55.5 Å². The maximum atomic E-state index is 12.6. The molecule has 0 fully saturated rings. The summed E-state index contributed by atoms with van der Waals surface area (Å²) < 4.78 is 5.71. The normalized spacial score (nSPS) is 17.8. The first-order chi connectivity index (χ1) is 11.7. The van der Waals surface area contributed by atoms with Crippen LogP contribution in [0.2, 0.25) is 0 Å². The van der Waals surface area contributed by atoms with Crippen molar-refractivity contribution in [3.05, 3.63) is 59.9 Å². The van der Waals surface area contributed by atoms with Crippen LogP contribution in [0.1, 0.15) is 24.4 Å². The van der Waals surface area contributed by atoms with Crippen LogP contribution in [0.25, 0.3) is 11.0 Å². The molecule has 4 rings (SSSR count). The van der Waals surface area contributed by atoms with Crippen molar-refractivity contribution in [2.75, 3.05) is 6.61 Å². The van der Waals surface area contributed by atoms with Gasteiger partial charge in [-0.1, -0.05) is 30.3 Å². The maximum Gasteiger partial charge on any atom is 0.227 e. The Morgan fingerprint density at radius 1 is 1.25 bits per heavy atom. The number of rotatable bonds is 3. The smallest absolute Gasteiger partial charge is 0.227 e. The molecule has 5 heteroatoms. The van der Waals surface area contributed by atoms with Crippen molar-refractivity contribution in [2.24, 2.45) is 5.92 Å². The second-order valence-corrected chi connectivity index (χ2v) is 6.19. The Labute approximate surface area is 140 Å². The Kier molecular flexibility index (Phi) is 3.69. The van der Waals surface area contributed by atoms with Crippen molar-refractivity contribution < 1.29 is 9.53 Å². The number of H-pyrrole nitrogens is 1. The van der Waals surface area contributed by atoms with E-state index >= 15 is 0 Å². The van der Waals surface area contributed by atoms with Gasteiger partial charge in [-0.15, -0.1) is 0 Å². The summed E-state index contributed by atoms with van der Waals surface area (Å²) in [6.07, 6.45) is 0.703. The van der Waals surface area contributed by atoms with Crippen LogP contribution in [0.5, 0.6) is 5.75 Å². The monoisotopic (exact) mass is 321 g/mol. The summed E-state index contributed by atoms with van der Waals surface area (Å²) >= 11 is 0. The number of para-hydroxylation sites is 3. The van der Waals surface area contributed by atoms with Crippen LogP contribution in [0.15, 0.2) is 48.5 Å². The van der Waals surface area contributed by atoms with Gasteiger partial charge in [-0.3, -0.25) is 4.79 Å². The molecule has 1 aliphatic rings. The first kappa shape index (κ1) is 14.8. The number of nitrogens with one attached hydrogen (secondary N) is 2. The van der Waals surface area contributed by atoms with Gasteiger partial charge in [0.05, 0.1) is 23.0 Å². The molecule has 122 valence electrons. The number of ether oxygens (including phenoxy) is 1. The van der Waals surface area contributed by atoms with Crippen molar-refractivity contribution in [2.45, 2.75) is 19.4 Å². The summed E-state index contributed by atoms with van der Waals surface area (Å²) in [5.41, 5.74) is 2.97. The van der Waals surface area contributed by atoms with E-state index in [0.717, 1.165) is 28.2 Å². The highest BCUT2D eigenvalue weighted by molar-refractivity contribution is 5.80. The summed E-state index contributed by atoms with van der Waals surface area (Å²) in [5, 5.41) is 3.04. The number of fused-ring (bicyclic) bond motifs is 2. The Morgan fingerprint density at radius 3 is 2.92 bits per heavy atom. The van der Waals surface area contributed by atoms with Gasteiger partial charge in [0.1, 0.15) is 18.2 Å². The zero-order chi connectivity index (χ0) is 16.5. The number of aromatic nitrogens is 2. The summed E-state index contributed by atoms with van der Waals surface area (Å²) in [6.45, 7) is 2.35. The fourth-order valence-corrected chi connectivity index (χ4v) is 3.07. The number of amides is 1. The molecule has 0 saturated carbocycles. The van der Waals surface area contributed by atoms with E-state index in [0.29, 0.717) is 13.0 Å². The number of hydrogen-bond acceptors (Lipinski definition) is 3. The second-order valence-electron chi connectivity index (χ2n) is 6.19. The highest BCUT2D eigenvalue weighted by Crippen LogP contribution is 2.27. The number of aromatic amines is 1. The third-order valence-corrected chi connectivity index (χ3v) is 4.43. The topological polar surface area (TPSA) is 67.0 Å². The summed E-state index contributed by atoms with van der Waals surface area (Å²) in [5.74, 6) is 1.47. The van der Waals surface area contributed by atoms with Crippen molar-refractivity contribution in [1.29, 1.82) is 0 Å². The van der Waals surface area contributed by atoms with E-state index in [-0.39, 0.29) is 17.9 Å². The molecule has 1 aromatic heterocycles. The van der Waals surface area contributed by atoms with Gasteiger partial charge in [0, 0.05) is 0 Å². The van der Waals surface area contributed by atoms with Gasteiger partial charge in [-0.05, 0) is 37.1 Å². The number of hydrogen-bond donors (Lipinski definition) is 2. The molecular weight excluding hydrogens is 302 g/mol. The molecule has 3 aromatic rings. The minimum Gasteiger partial charge on any atom is -0.492 e. The molecule has 0 saturated heterocycles. The largest absolute Gasteiger partial charge is 0.492 e. The fourth-order valence-electron chi connectivity index (χ4n) is 3.07. The fraction of sp³-hybridized carbons (Fsp3) is 0.263. The van der Waals surface area contributed by atoms with Gasteiger partial charge in [0.25, 0.3) is 0 Å². The molecule has 1 aliphatic heterocycles. The average molecular weight is 321 g/mol. The number of carbonyl (C=O) groups excluding carboxylic acids is 1. The van der Waals surface area contributed by atoms with E-state index < -0.39 is 0 Å². The number of benzene rings is 2. The number of nitrogens with zero attached hydrogens (tertiary/aromatic N) is 1. The van der Waals surface area contributed by atoms with E-state index in [9.17, 15) is 4.79 Å². The van der Waals surface area contributed by atoms with Crippen LogP contribution < -0.4 is 10.1 Å². The van der Waals surface area contributed by atoms with Gasteiger partial charge >= 0.3 is 0 Å². The van der Waals surface area contributed by atoms with E-state index in [1.165, 1.54) is 0 Å². The summed E-state index contributed by atoms with van der Waals surface area (Å²) in [4.78, 5) is 20.4. The lowest BCUT2D eigenvalue weighted by molar-refractivity contribution is -0.127. The first-order valence-electron chi connectivity index (χ1n) is 8.16. The van der Waals surface area contributed by atoms with Crippen molar-refractivity contribution >= 4 is 16.9 Å². The maximum absolute atomic E-state index is 12.6. The molecule has 0 radical (unpaired) electrons. The Hall–Kier alpha value is -2.82. The zero-order valence-corrected chi connectivity index (χ0v) is 13.5. The molecule has 2 heterocycles. The molecule has 0 spiro atoms. The van der Waals surface area contributed by atoms with Gasteiger partial charge in [0.2, 0.25) is 5.91 Å². The van der Waals surface area contributed by atoms with Crippen LogP contribution in [-0.4, -0.2) is 22.5 Å². The summed E-state index contributed by atoms with van der Waals surface area (Å²) in [7, 11) is 0. The van der Waals surface area contributed by atoms with E-state index in [2.05, 4.69) is 15.3 Å². The van der Waals surface area contributed by atoms with Crippen LogP contribution in [0.4, 0.5) is 0 Å². The zero-order valence-electron chi connectivity index (χ0n) is 13.5. The Morgan fingerprint density at radius 2 is 2.04 bits per heavy atom. The number of imidazole rings is 1. The molecule has 1 unspecified atom stereocenters. The lowest BCUT2D eigenvalue weighted by atomic mass is 9.96. The van der Waals surface area contributed by atoms with Crippen LogP contribution in [0.3, 0.4) is 0 Å². The first-order valence-corrected chi connectivity index (χ1v) is 8.16. The lowest BCUT2D eigenvalue weighted by Gasteiger charge is -2.25. The van der Waals surface area contributed by atoms with Crippen LogP contribution in [0, 0.1) is 5.92 Å². The molecule has 5 nitrogen and oxygen atoms in total. The highest BCUT2D eigenvalue weighted by Gasteiger charge is 2.27. The quantitative estimate of drug-likeness (QED) is 0.779. The van der Waals surface area contributed by atoms with Crippen LogP contribution >= 0.6 is 0 Å². The lowest BCUT2D eigenvalue weighted by Crippen LogP contribution is -2.38. The van der Waals surface area contributed by atoms with Crippen molar-refractivity contribution in [1.82, 2.24) is 15.3 Å². The average Bonchev–Trinajstić information content (AvgIpc) is 3.05. The van der Waals surface area contributed by atoms with Gasteiger partial charge in [-0.25, -0.2) is 4.98 Å². The van der Waals surface area contributed by atoms with Crippen LogP contribution in [-0.2, 0) is 11.2 Å². The minimum absolute atomic E-state index is 0.00235. The van der Waals surface area contributed by atoms with E-state index in [1.54, 1.807) is 0 Å². The minimum atomic E-state index is -0.179. The SMILES string of the molecule is C[C@H](NC(=O)C1COc2ccccc2C1)c1nc2ccccc2[nH]1. The molecular formula is C19H19N3O2. The summed E-state index contributed by atoms with van der Waals surface area (Å²) in [6, 6.07) is 15.5. The van der Waals surface area contributed by atoms with Crippen molar-refractivity contribution in [3.8, 4) is 5.75 Å². The van der Waals surface area contributed by atoms with E-state index in [4.69, 9.17) is 4.74 Å². The molecule has 0 bridgehead atoms. The molecule has 0 aliphatic carbocycles. The third kappa shape index (κ3) is 2.73. The number of carbonyl (C=O) groups is 1. The Bertz CT molecular complexity index is 854. The molecule has 1 amide bonds. The van der Waals surface area contributed by atoms with Crippen molar-refractivity contribution in [3.63, 3.8) is 0 Å². The molecule has 2 aromatic carbocycles. The van der Waals surface area contributed by atoms with Gasteiger partial charge in [-0.2, -0.15) is 0 Å². The van der Waals surface area contributed by atoms with Gasteiger partial charge < -0.3 is 15.0 Å². The molecule has 2 atom stereocenters. The highest BCUT2D eigenvalue weighted by atomic mass is 16.5. The second kappa shape index (κ2) is 6.00. The van der Waals surface area contributed by atoms with Gasteiger partial charge in [0.15, 0.2) is 0 Å². The Balaban J connectivity index is 1.46.